The van der Waals surface area contributed by atoms with Gasteiger partial charge in [-0.05, 0) is 59.6 Å². The molecule has 0 fully saturated rings. The van der Waals surface area contributed by atoms with Crippen LogP contribution in [0.1, 0.15) is 57.1 Å². The van der Waals surface area contributed by atoms with Crippen LogP contribution in [0.3, 0.4) is 0 Å². The van der Waals surface area contributed by atoms with E-state index in [1.807, 2.05) is 24.3 Å². The van der Waals surface area contributed by atoms with Gasteiger partial charge in [0.15, 0.2) is 0 Å². The summed E-state index contributed by atoms with van der Waals surface area (Å²) in [5.74, 6) is -0.161. The maximum atomic E-state index is 14.8. The molecule has 1 heteroatoms. The normalized spacial score (nSPS) is 11.0. The van der Waals surface area contributed by atoms with E-state index in [-0.39, 0.29) is 5.82 Å². The Kier molecular flexibility index (Phi) is 7.42. The number of hydrogen-bond donors (Lipinski definition) is 0. The maximum absolute atomic E-state index is 14.8. The molecule has 0 radical (unpaired) electrons. The summed E-state index contributed by atoms with van der Waals surface area (Å²) < 4.78 is 14.8. The quantitative estimate of drug-likeness (QED) is 0.331. The Hall–Kier alpha value is -2.41. The third kappa shape index (κ3) is 5.32. The molecule has 0 saturated heterocycles. The predicted molar refractivity (Wildman–Crippen MR) is 119 cm³/mol. The largest absolute Gasteiger partial charge is 0.206 e. The summed E-state index contributed by atoms with van der Waals surface area (Å²) in [5.41, 5.74) is 6.29. The Morgan fingerprint density at radius 1 is 0.571 bits per heavy atom. The maximum Gasteiger partial charge on any atom is 0.131 e. The van der Waals surface area contributed by atoms with Crippen LogP contribution in [-0.4, -0.2) is 0 Å². The van der Waals surface area contributed by atoms with Gasteiger partial charge in [-0.3, -0.25) is 0 Å². The van der Waals surface area contributed by atoms with Gasteiger partial charge < -0.3 is 0 Å². The molecule has 0 atom stereocenters. The molecular formula is C27H31F. The monoisotopic (exact) mass is 374 g/mol. The van der Waals surface area contributed by atoms with Gasteiger partial charge in [0.05, 0.1) is 0 Å². The average Bonchev–Trinajstić information content (AvgIpc) is 2.73. The first kappa shape index (κ1) is 20.3. The highest BCUT2D eigenvalue weighted by Crippen LogP contribution is 2.29. The van der Waals surface area contributed by atoms with Crippen LogP contribution in [0, 0.1) is 5.82 Å². The molecule has 0 bridgehead atoms. The summed E-state index contributed by atoms with van der Waals surface area (Å²) >= 11 is 0. The molecule has 146 valence electrons. The minimum Gasteiger partial charge on any atom is -0.206 e. The predicted octanol–water partition coefficient (Wildman–Crippen LogP) is 8.24. The Morgan fingerprint density at radius 2 is 1.11 bits per heavy atom. The van der Waals surface area contributed by atoms with Crippen LogP contribution in [0.4, 0.5) is 4.39 Å². The first-order valence-electron chi connectivity index (χ1n) is 10.7. The molecule has 0 unspecified atom stereocenters. The van der Waals surface area contributed by atoms with Gasteiger partial charge >= 0.3 is 0 Å². The highest BCUT2D eigenvalue weighted by Gasteiger charge is 2.08. The highest BCUT2D eigenvalue weighted by molar-refractivity contribution is 5.71. The molecule has 0 heterocycles. The van der Waals surface area contributed by atoms with Crippen molar-refractivity contribution >= 4 is 0 Å². The second-order valence-corrected chi connectivity index (χ2v) is 7.65. The third-order valence-electron chi connectivity index (χ3n) is 5.41. The second kappa shape index (κ2) is 10.2. The SMILES string of the molecule is CCCCCc1ccc(-c2ccc(-c3ccc(CCCC)cc3)cc2F)cc1. The number of aryl methyl sites for hydroxylation is 2. The summed E-state index contributed by atoms with van der Waals surface area (Å²) in [6, 6.07) is 22.5. The molecular weight excluding hydrogens is 343 g/mol. The zero-order chi connectivity index (χ0) is 19.8. The van der Waals surface area contributed by atoms with Gasteiger partial charge in [-0.2, -0.15) is 0 Å². The minimum absolute atomic E-state index is 0.161. The van der Waals surface area contributed by atoms with E-state index in [1.54, 1.807) is 6.07 Å². The van der Waals surface area contributed by atoms with Crippen molar-refractivity contribution in [1.29, 1.82) is 0 Å². The first-order valence-corrected chi connectivity index (χ1v) is 10.7. The molecule has 28 heavy (non-hydrogen) atoms. The van der Waals surface area contributed by atoms with Crippen LogP contribution in [0.25, 0.3) is 22.3 Å². The van der Waals surface area contributed by atoms with Crippen LogP contribution >= 0.6 is 0 Å². The van der Waals surface area contributed by atoms with E-state index >= 15 is 0 Å². The molecule has 3 aromatic rings. The topological polar surface area (TPSA) is 0 Å². The summed E-state index contributed by atoms with van der Waals surface area (Å²) in [6.07, 6.45) is 8.33. The van der Waals surface area contributed by atoms with Crippen molar-refractivity contribution in [2.45, 2.75) is 58.8 Å². The molecule has 0 aromatic heterocycles. The van der Waals surface area contributed by atoms with Crippen LogP contribution in [0.15, 0.2) is 66.7 Å². The van der Waals surface area contributed by atoms with Gasteiger partial charge in [0.1, 0.15) is 5.82 Å². The number of halogens is 1. The fraction of sp³-hybridized carbons (Fsp3) is 0.333. The van der Waals surface area contributed by atoms with Crippen molar-refractivity contribution in [1.82, 2.24) is 0 Å². The zero-order valence-corrected chi connectivity index (χ0v) is 17.2. The number of hydrogen-bond acceptors (Lipinski definition) is 0. The van der Waals surface area contributed by atoms with Gasteiger partial charge in [0.2, 0.25) is 0 Å². The van der Waals surface area contributed by atoms with Crippen molar-refractivity contribution in [3.8, 4) is 22.3 Å². The van der Waals surface area contributed by atoms with E-state index in [2.05, 4.69) is 50.2 Å². The van der Waals surface area contributed by atoms with Crippen LogP contribution in [-0.2, 0) is 12.8 Å². The molecule has 0 saturated carbocycles. The van der Waals surface area contributed by atoms with E-state index in [9.17, 15) is 4.39 Å². The molecule has 0 nitrogen and oxygen atoms in total. The van der Waals surface area contributed by atoms with Gasteiger partial charge in [-0.25, -0.2) is 4.39 Å². The molecule has 0 aliphatic rings. The van der Waals surface area contributed by atoms with E-state index in [0.717, 1.165) is 29.5 Å². The average molecular weight is 375 g/mol. The summed E-state index contributed by atoms with van der Waals surface area (Å²) in [7, 11) is 0. The van der Waals surface area contributed by atoms with Crippen LogP contribution in [0.5, 0.6) is 0 Å². The van der Waals surface area contributed by atoms with E-state index in [1.165, 1.54) is 43.2 Å². The summed E-state index contributed by atoms with van der Waals surface area (Å²) in [5, 5.41) is 0. The summed E-state index contributed by atoms with van der Waals surface area (Å²) in [6.45, 7) is 4.43. The fourth-order valence-electron chi connectivity index (χ4n) is 3.60. The summed E-state index contributed by atoms with van der Waals surface area (Å²) in [4.78, 5) is 0. The number of rotatable bonds is 9. The highest BCUT2D eigenvalue weighted by atomic mass is 19.1. The molecule has 0 spiro atoms. The van der Waals surface area contributed by atoms with Crippen molar-refractivity contribution in [3.05, 3.63) is 83.7 Å². The first-order chi connectivity index (χ1) is 13.7. The van der Waals surface area contributed by atoms with E-state index in [4.69, 9.17) is 0 Å². The smallest absolute Gasteiger partial charge is 0.131 e. The standard InChI is InChI=1S/C27H31F/c1-3-5-7-9-22-12-16-24(17-13-22)26-19-18-25(20-27(26)28)23-14-10-21(11-15-23)8-6-4-2/h10-20H,3-9H2,1-2H3. The second-order valence-electron chi connectivity index (χ2n) is 7.65. The molecule has 0 amide bonds. The fourth-order valence-corrected chi connectivity index (χ4v) is 3.60. The third-order valence-corrected chi connectivity index (χ3v) is 5.41. The Balaban J connectivity index is 1.73. The van der Waals surface area contributed by atoms with Gasteiger partial charge in [-0.15, -0.1) is 0 Å². The molecule has 0 N–H and O–H groups in total. The van der Waals surface area contributed by atoms with Gasteiger partial charge in [0.25, 0.3) is 0 Å². The zero-order valence-electron chi connectivity index (χ0n) is 17.2. The molecule has 0 aliphatic heterocycles. The Morgan fingerprint density at radius 3 is 1.68 bits per heavy atom. The lowest BCUT2D eigenvalue weighted by atomic mass is 9.97. The van der Waals surface area contributed by atoms with Crippen LogP contribution in [0.2, 0.25) is 0 Å². The number of benzene rings is 3. The van der Waals surface area contributed by atoms with Crippen molar-refractivity contribution in [2.24, 2.45) is 0 Å². The van der Waals surface area contributed by atoms with Crippen molar-refractivity contribution in [3.63, 3.8) is 0 Å². The lowest BCUT2D eigenvalue weighted by Crippen LogP contribution is -1.89. The Labute approximate surface area is 169 Å². The molecule has 0 aliphatic carbocycles. The molecule has 3 rings (SSSR count). The van der Waals surface area contributed by atoms with Gasteiger partial charge in [-0.1, -0.05) is 93.8 Å². The van der Waals surface area contributed by atoms with Crippen LogP contribution < -0.4 is 0 Å². The van der Waals surface area contributed by atoms with E-state index in [0.29, 0.717) is 5.56 Å². The Bertz CT molecular complexity index is 860. The van der Waals surface area contributed by atoms with Gasteiger partial charge in [0, 0.05) is 5.56 Å². The molecule has 3 aromatic carbocycles. The minimum atomic E-state index is -0.161. The van der Waals surface area contributed by atoms with Crippen molar-refractivity contribution in [2.75, 3.05) is 0 Å². The lowest BCUT2D eigenvalue weighted by molar-refractivity contribution is 0.632. The van der Waals surface area contributed by atoms with E-state index < -0.39 is 0 Å². The van der Waals surface area contributed by atoms with Crippen molar-refractivity contribution < 1.29 is 4.39 Å². The lowest BCUT2D eigenvalue weighted by Gasteiger charge is -2.09. The number of unbranched alkanes of at least 4 members (excludes halogenated alkanes) is 3.